The summed E-state index contributed by atoms with van der Waals surface area (Å²) >= 11 is 0. The van der Waals surface area contributed by atoms with Gasteiger partial charge in [-0.15, -0.1) is 6.42 Å². The molecule has 0 bridgehead atoms. The molecule has 2 unspecified atom stereocenters. The third-order valence-electron chi connectivity index (χ3n) is 8.06. The van der Waals surface area contributed by atoms with Gasteiger partial charge in [-0.25, -0.2) is 18.7 Å². The van der Waals surface area contributed by atoms with Crippen molar-refractivity contribution in [3.63, 3.8) is 0 Å². The predicted octanol–water partition coefficient (Wildman–Crippen LogP) is 5.47. The quantitative estimate of drug-likeness (QED) is 0.344. The maximum atomic E-state index is 14.5. The Bertz CT molecular complexity index is 1600. The summed E-state index contributed by atoms with van der Waals surface area (Å²) in [6, 6.07) is 8.67. The summed E-state index contributed by atoms with van der Waals surface area (Å²) in [5, 5.41) is 12.3. The minimum absolute atomic E-state index is 0.0435. The van der Waals surface area contributed by atoms with Crippen LogP contribution in [0.1, 0.15) is 37.7 Å². The lowest BCUT2D eigenvalue weighted by atomic mass is 9.96. The van der Waals surface area contributed by atoms with Crippen molar-refractivity contribution in [3.05, 3.63) is 47.9 Å². The molecule has 0 aliphatic carbocycles. The van der Waals surface area contributed by atoms with Crippen LogP contribution in [0.15, 0.2) is 36.5 Å². The van der Waals surface area contributed by atoms with Crippen molar-refractivity contribution in [3.8, 4) is 35.4 Å². The number of nitrogens with zero attached hydrogens (tertiary/aromatic N) is 5. The topological polar surface area (TPSA) is 74.6 Å². The Kier molecular flexibility index (Phi) is 7.11. The van der Waals surface area contributed by atoms with E-state index in [4.69, 9.17) is 16.1 Å². The molecular formula is C31H31F2N5O2. The van der Waals surface area contributed by atoms with E-state index in [1.54, 1.807) is 30.5 Å². The Labute approximate surface area is 231 Å². The van der Waals surface area contributed by atoms with Crippen LogP contribution in [0.2, 0.25) is 0 Å². The number of phenolic OH excluding ortho intramolecular Hbond substituents is 1. The number of hydrogen-bond donors (Lipinski definition) is 1. The predicted molar refractivity (Wildman–Crippen MR) is 152 cm³/mol. The summed E-state index contributed by atoms with van der Waals surface area (Å²) in [7, 11) is 1.51. The summed E-state index contributed by atoms with van der Waals surface area (Å²) < 4.78 is 32.3. The van der Waals surface area contributed by atoms with Crippen molar-refractivity contribution >= 4 is 27.5 Å². The number of halogens is 2. The molecule has 2 aromatic carbocycles. The Morgan fingerprint density at radius 3 is 2.67 bits per heavy atom. The first-order valence-corrected chi connectivity index (χ1v) is 13.7. The summed E-state index contributed by atoms with van der Waals surface area (Å²) in [6.07, 6.45) is 12.3. The monoisotopic (exact) mass is 543 g/mol. The maximum absolute atomic E-state index is 14.5. The summed E-state index contributed by atoms with van der Waals surface area (Å²) in [6.45, 7) is 3.61. The van der Waals surface area contributed by atoms with Gasteiger partial charge in [-0.2, -0.15) is 4.98 Å². The van der Waals surface area contributed by atoms with Gasteiger partial charge in [-0.1, -0.05) is 12.0 Å². The zero-order valence-electron chi connectivity index (χ0n) is 22.4. The van der Waals surface area contributed by atoms with Crippen molar-refractivity contribution in [1.29, 1.82) is 0 Å². The van der Waals surface area contributed by atoms with Crippen LogP contribution in [0, 0.1) is 18.2 Å². The number of pyridine rings is 1. The molecule has 1 N–H and O–H groups in total. The largest absolute Gasteiger partial charge is 0.508 e. The SMILES string of the molecule is C#Cc1c(F)ccc2cc(O)cc(-c3cc4nc(OC)ncc4c(N4CCCC4)n3)c12.FC1CC2CCCN2C1. The van der Waals surface area contributed by atoms with Crippen LogP contribution in [-0.2, 0) is 0 Å². The van der Waals surface area contributed by atoms with Crippen molar-refractivity contribution < 1.29 is 18.6 Å². The number of anilines is 1. The number of aromatic hydroxyl groups is 1. The Hall–Kier alpha value is -4.03. The minimum Gasteiger partial charge on any atom is -0.508 e. The van der Waals surface area contributed by atoms with Gasteiger partial charge >= 0.3 is 6.01 Å². The van der Waals surface area contributed by atoms with Crippen molar-refractivity contribution in [2.24, 2.45) is 0 Å². The highest BCUT2D eigenvalue weighted by molar-refractivity contribution is 6.03. The first-order chi connectivity index (χ1) is 19.4. The smallest absolute Gasteiger partial charge is 0.316 e. The fourth-order valence-corrected chi connectivity index (χ4v) is 6.20. The fourth-order valence-electron chi connectivity index (χ4n) is 6.20. The zero-order chi connectivity index (χ0) is 27.8. The summed E-state index contributed by atoms with van der Waals surface area (Å²) in [4.78, 5) is 18.1. The van der Waals surface area contributed by atoms with Gasteiger partial charge in [0.1, 0.15) is 23.6 Å². The van der Waals surface area contributed by atoms with Crippen molar-refractivity contribution in [2.45, 2.75) is 44.3 Å². The molecule has 3 aliphatic rings. The summed E-state index contributed by atoms with van der Waals surface area (Å²) in [5.41, 5.74) is 1.87. The van der Waals surface area contributed by atoms with E-state index in [1.165, 1.54) is 26.0 Å². The van der Waals surface area contributed by atoms with Crippen LogP contribution in [0.5, 0.6) is 11.8 Å². The van der Waals surface area contributed by atoms with E-state index >= 15 is 0 Å². The molecule has 7 rings (SSSR count). The molecule has 40 heavy (non-hydrogen) atoms. The number of rotatable bonds is 3. The highest BCUT2D eigenvalue weighted by Crippen LogP contribution is 2.38. The number of aromatic nitrogens is 3. The molecule has 2 atom stereocenters. The lowest BCUT2D eigenvalue weighted by molar-refractivity contribution is 0.292. The zero-order valence-corrected chi connectivity index (χ0v) is 22.4. The molecule has 3 saturated heterocycles. The molecule has 7 nitrogen and oxygen atoms in total. The first kappa shape index (κ1) is 26.2. The summed E-state index contributed by atoms with van der Waals surface area (Å²) in [5.74, 6) is 2.75. The van der Waals surface area contributed by atoms with Crippen molar-refractivity contribution in [2.75, 3.05) is 38.2 Å². The molecule has 0 spiro atoms. The molecule has 2 aromatic heterocycles. The Morgan fingerprint density at radius 2 is 1.93 bits per heavy atom. The number of benzene rings is 2. The van der Waals surface area contributed by atoms with Gasteiger partial charge in [0.05, 0.1) is 29.3 Å². The highest BCUT2D eigenvalue weighted by Gasteiger charge is 2.34. The molecule has 5 heterocycles. The third-order valence-corrected chi connectivity index (χ3v) is 8.06. The van der Waals surface area contributed by atoms with E-state index in [-0.39, 0.29) is 17.3 Å². The van der Waals surface area contributed by atoms with Crippen LogP contribution < -0.4 is 9.64 Å². The second kappa shape index (κ2) is 10.9. The second-order valence-electron chi connectivity index (χ2n) is 10.6. The second-order valence-corrected chi connectivity index (χ2v) is 10.6. The molecule has 9 heteroatoms. The standard InChI is InChI=1S/C24H19FN4O2.C7H12FN/c1-3-16-19(25)7-6-14-10-15(30)11-17(22(14)16)20-12-21-18(13-26-24(28-21)31-2)23(27-20)29-8-4-5-9-29;8-6-4-7-2-1-3-9(7)5-6/h1,6-7,10-13,30H,4-5,8-9H2,2H3;6-7H,1-5H2. The van der Waals surface area contributed by atoms with Crippen LogP contribution in [0.25, 0.3) is 32.9 Å². The number of fused-ring (bicyclic) bond motifs is 3. The van der Waals surface area contributed by atoms with E-state index in [0.29, 0.717) is 40.1 Å². The lowest BCUT2D eigenvalue weighted by Crippen LogP contribution is -2.22. The van der Waals surface area contributed by atoms with E-state index < -0.39 is 12.0 Å². The van der Waals surface area contributed by atoms with E-state index in [2.05, 4.69) is 25.7 Å². The van der Waals surface area contributed by atoms with Gasteiger partial charge < -0.3 is 14.7 Å². The molecule has 4 aromatic rings. The number of hydrogen-bond acceptors (Lipinski definition) is 7. The van der Waals surface area contributed by atoms with Gasteiger partial charge in [0.25, 0.3) is 0 Å². The number of alkyl halides is 1. The molecule has 206 valence electrons. The van der Waals surface area contributed by atoms with Crippen LogP contribution in [0.4, 0.5) is 14.6 Å². The molecular weight excluding hydrogens is 512 g/mol. The molecule has 0 saturated carbocycles. The van der Waals surface area contributed by atoms with Gasteiger partial charge in [0.2, 0.25) is 0 Å². The lowest BCUT2D eigenvalue weighted by Gasteiger charge is -2.20. The molecule has 0 radical (unpaired) electrons. The van der Waals surface area contributed by atoms with Crippen LogP contribution in [0.3, 0.4) is 0 Å². The van der Waals surface area contributed by atoms with E-state index in [0.717, 1.165) is 50.1 Å². The molecule has 3 aliphatic heterocycles. The minimum atomic E-state index is -0.518. The van der Waals surface area contributed by atoms with Gasteiger partial charge in [-0.05, 0) is 68.3 Å². The fraction of sp³-hybridized carbons (Fsp3) is 0.387. The van der Waals surface area contributed by atoms with E-state index in [9.17, 15) is 13.9 Å². The molecule has 0 amide bonds. The normalized spacial score (nSPS) is 20.4. The first-order valence-electron chi connectivity index (χ1n) is 13.7. The maximum Gasteiger partial charge on any atom is 0.316 e. The number of methoxy groups -OCH3 is 1. The third kappa shape index (κ3) is 4.88. The van der Waals surface area contributed by atoms with Crippen molar-refractivity contribution in [1.82, 2.24) is 19.9 Å². The van der Waals surface area contributed by atoms with Gasteiger partial charge in [-0.3, -0.25) is 4.90 Å². The average Bonchev–Trinajstić information content (AvgIpc) is 3.71. The number of terminal acetylenes is 1. The highest BCUT2D eigenvalue weighted by atomic mass is 19.1. The Morgan fingerprint density at radius 1 is 1.10 bits per heavy atom. The Balaban J connectivity index is 0.000000271. The number of ether oxygens (including phenoxy) is 1. The number of phenols is 1. The molecule has 3 fully saturated rings. The van der Waals surface area contributed by atoms with Gasteiger partial charge in [0.15, 0.2) is 0 Å². The van der Waals surface area contributed by atoms with Crippen LogP contribution in [-0.4, -0.2) is 70.5 Å². The van der Waals surface area contributed by atoms with Gasteiger partial charge in [0, 0.05) is 42.8 Å². The van der Waals surface area contributed by atoms with Crippen LogP contribution >= 0.6 is 0 Å². The average molecular weight is 544 g/mol. The van der Waals surface area contributed by atoms with E-state index in [1.807, 2.05) is 0 Å².